The molecule has 0 radical (unpaired) electrons. The first-order chi connectivity index (χ1) is 32.5. The third kappa shape index (κ3) is 28.2. The lowest BCUT2D eigenvalue weighted by atomic mass is 9.98. The van der Waals surface area contributed by atoms with Crippen molar-refractivity contribution in [2.45, 2.75) is 293 Å². The molecule has 15 heteroatoms. The lowest BCUT2D eigenvalue weighted by Gasteiger charge is -2.42. The minimum absolute atomic E-state index is 0.174. The van der Waals surface area contributed by atoms with Crippen LogP contribution in [0.15, 0.2) is 0 Å². The van der Waals surface area contributed by atoms with Gasteiger partial charge >= 0.3 is 11.9 Å². The van der Waals surface area contributed by atoms with E-state index in [-0.39, 0.29) is 26.1 Å². The highest BCUT2D eigenvalue weighted by Crippen LogP contribution is 2.27. The van der Waals surface area contributed by atoms with Gasteiger partial charge in [-0.25, -0.2) is 0 Å². The molecule has 0 aromatic heterocycles. The summed E-state index contributed by atoms with van der Waals surface area (Å²) in [6.45, 7) is 2.63. The molecule has 15 nitrogen and oxygen atoms in total. The van der Waals surface area contributed by atoms with E-state index in [0.29, 0.717) is 12.8 Å². The fourth-order valence-corrected chi connectivity index (χ4v) is 8.87. The van der Waals surface area contributed by atoms with E-state index in [1.165, 1.54) is 148 Å². The summed E-state index contributed by atoms with van der Waals surface area (Å²) in [6.07, 6.45) is 21.3. The summed E-state index contributed by atoms with van der Waals surface area (Å²) in [4.78, 5) is 25.8. The number of aliphatic hydroxyl groups is 7. The Labute approximate surface area is 404 Å². The maximum absolute atomic E-state index is 13.0. The van der Waals surface area contributed by atoms with Gasteiger partial charge in [0.1, 0.15) is 55.4 Å². The van der Waals surface area contributed by atoms with Crippen molar-refractivity contribution in [1.29, 1.82) is 0 Å². The highest BCUT2D eigenvalue weighted by atomic mass is 16.7. The second-order valence-electron chi connectivity index (χ2n) is 19.4. The van der Waals surface area contributed by atoms with E-state index in [9.17, 15) is 45.3 Å². The van der Waals surface area contributed by atoms with Crippen molar-refractivity contribution >= 4 is 11.9 Å². The second kappa shape index (κ2) is 40.1. The number of hydrogen-bond donors (Lipinski definition) is 7. The predicted octanol–water partition coefficient (Wildman–Crippen LogP) is 8.00. The van der Waals surface area contributed by atoms with Gasteiger partial charge in [0.15, 0.2) is 18.7 Å². The van der Waals surface area contributed by atoms with Gasteiger partial charge in [-0.05, 0) is 12.8 Å². The number of hydrogen-bond acceptors (Lipinski definition) is 15. The number of esters is 2. The molecular formula is C52H98O15. The molecule has 2 heterocycles. The quantitative estimate of drug-likeness (QED) is 0.0227. The summed E-state index contributed by atoms with van der Waals surface area (Å²) in [5, 5.41) is 72.1. The molecule has 7 N–H and O–H groups in total. The minimum atomic E-state index is -1.76. The van der Waals surface area contributed by atoms with Gasteiger partial charge < -0.3 is 64.2 Å². The SMILES string of the molecule is CCCCCCCCCCCCCCCCCCCCC(=O)OC(COC(=O)CCCCCCCCCCCCCCC)COC1OC(COC2OC(CO)C(O)C(O)C2O)C(O)C(O)C1O. The van der Waals surface area contributed by atoms with Crippen molar-refractivity contribution in [1.82, 2.24) is 0 Å². The summed E-state index contributed by atoms with van der Waals surface area (Å²) in [5.41, 5.74) is 0. The van der Waals surface area contributed by atoms with Crippen LogP contribution in [0, 0.1) is 0 Å². The van der Waals surface area contributed by atoms with Gasteiger partial charge in [0.2, 0.25) is 0 Å². The molecule has 11 unspecified atom stereocenters. The number of rotatable bonds is 43. The maximum Gasteiger partial charge on any atom is 0.306 e. The summed E-state index contributed by atoms with van der Waals surface area (Å²) in [6, 6.07) is 0. The molecule has 2 fully saturated rings. The van der Waals surface area contributed by atoms with Crippen molar-refractivity contribution < 1.29 is 73.8 Å². The fraction of sp³-hybridized carbons (Fsp3) is 0.962. The minimum Gasteiger partial charge on any atom is -0.462 e. The van der Waals surface area contributed by atoms with Crippen LogP contribution < -0.4 is 0 Å². The van der Waals surface area contributed by atoms with Crippen LogP contribution in [0.1, 0.15) is 226 Å². The van der Waals surface area contributed by atoms with Gasteiger partial charge in [0, 0.05) is 12.8 Å². The van der Waals surface area contributed by atoms with E-state index in [2.05, 4.69) is 13.8 Å². The molecule has 0 aromatic rings. The molecule has 396 valence electrons. The Hall–Kier alpha value is -1.50. The first-order valence-corrected chi connectivity index (χ1v) is 27.1. The topological polar surface area (TPSA) is 231 Å². The van der Waals surface area contributed by atoms with Crippen LogP contribution in [0.5, 0.6) is 0 Å². The molecule has 2 aliphatic rings. The number of carbonyl (C=O) groups is 2. The number of aliphatic hydroxyl groups excluding tert-OH is 7. The van der Waals surface area contributed by atoms with Crippen LogP contribution in [-0.2, 0) is 38.0 Å². The van der Waals surface area contributed by atoms with Crippen LogP contribution >= 0.6 is 0 Å². The molecule has 11 atom stereocenters. The summed E-state index contributed by atoms with van der Waals surface area (Å²) in [7, 11) is 0. The van der Waals surface area contributed by atoms with E-state index in [1.54, 1.807) is 0 Å². The molecule has 0 aliphatic carbocycles. The van der Waals surface area contributed by atoms with Gasteiger partial charge in [0.25, 0.3) is 0 Å². The fourth-order valence-electron chi connectivity index (χ4n) is 8.87. The zero-order chi connectivity index (χ0) is 48.9. The smallest absolute Gasteiger partial charge is 0.306 e. The van der Waals surface area contributed by atoms with Gasteiger partial charge in [-0.2, -0.15) is 0 Å². The zero-order valence-electron chi connectivity index (χ0n) is 41.9. The van der Waals surface area contributed by atoms with E-state index in [1.807, 2.05) is 0 Å². The normalized spacial score (nSPS) is 25.9. The van der Waals surface area contributed by atoms with Crippen molar-refractivity contribution in [3.8, 4) is 0 Å². The number of carbonyl (C=O) groups excluding carboxylic acids is 2. The average molecular weight is 963 g/mol. The van der Waals surface area contributed by atoms with E-state index in [0.717, 1.165) is 38.5 Å². The Morgan fingerprint density at radius 3 is 1.16 bits per heavy atom. The van der Waals surface area contributed by atoms with Gasteiger partial charge in [-0.1, -0.05) is 200 Å². The largest absolute Gasteiger partial charge is 0.462 e. The molecule has 2 aliphatic heterocycles. The summed E-state index contributed by atoms with van der Waals surface area (Å²) >= 11 is 0. The van der Waals surface area contributed by atoms with E-state index in [4.69, 9.17) is 28.4 Å². The highest BCUT2D eigenvalue weighted by Gasteiger charge is 2.47. The Morgan fingerprint density at radius 2 is 0.761 bits per heavy atom. The van der Waals surface area contributed by atoms with Crippen molar-refractivity contribution in [2.24, 2.45) is 0 Å². The van der Waals surface area contributed by atoms with Crippen molar-refractivity contribution in [3.05, 3.63) is 0 Å². The van der Waals surface area contributed by atoms with E-state index < -0.39 is 92.7 Å². The predicted molar refractivity (Wildman–Crippen MR) is 257 cm³/mol. The molecule has 2 saturated heterocycles. The highest BCUT2D eigenvalue weighted by molar-refractivity contribution is 5.70. The molecule has 0 aromatic carbocycles. The Morgan fingerprint density at radius 1 is 0.418 bits per heavy atom. The van der Waals surface area contributed by atoms with Gasteiger partial charge in [0.05, 0.1) is 19.8 Å². The lowest BCUT2D eigenvalue weighted by molar-refractivity contribution is -0.332. The zero-order valence-corrected chi connectivity index (χ0v) is 41.9. The first kappa shape index (κ1) is 61.6. The Balaban J connectivity index is 1.77. The monoisotopic (exact) mass is 963 g/mol. The lowest BCUT2D eigenvalue weighted by Crippen LogP contribution is -2.61. The third-order valence-electron chi connectivity index (χ3n) is 13.3. The number of unbranched alkanes of at least 4 members (excludes halogenated alkanes) is 29. The molecule has 2 rings (SSSR count). The summed E-state index contributed by atoms with van der Waals surface area (Å²) < 4.78 is 33.6. The molecule has 67 heavy (non-hydrogen) atoms. The maximum atomic E-state index is 13.0. The van der Waals surface area contributed by atoms with Crippen LogP contribution in [0.3, 0.4) is 0 Å². The number of ether oxygens (including phenoxy) is 6. The van der Waals surface area contributed by atoms with Crippen LogP contribution in [0.4, 0.5) is 0 Å². The van der Waals surface area contributed by atoms with Crippen LogP contribution in [0.2, 0.25) is 0 Å². The molecule has 0 bridgehead atoms. The molecular weight excluding hydrogens is 865 g/mol. The molecule has 0 spiro atoms. The Bertz CT molecular complexity index is 1180. The third-order valence-corrected chi connectivity index (χ3v) is 13.3. The average Bonchev–Trinajstić information content (AvgIpc) is 3.32. The molecule has 0 amide bonds. The van der Waals surface area contributed by atoms with Crippen LogP contribution in [-0.4, -0.2) is 142 Å². The summed E-state index contributed by atoms with van der Waals surface area (Å²) in [5.74, 6) is -0.908. The van der Waals surface area contributed by atoms with Crippen LogP contribution in [0.25, 0.3) is 0 Å². The van der Waals surface area contributed by atoms with Gasteiger partial charge in [-0.3, -0.25) is 9.59 Å². The standard InChI is InChI=1S/C52H98O15/c1-3-5-7-9-11-13-15-17-18-19-20-21-23-25-27-29-31-33-35-44(55)65-40(37-62-43(54)34-32-30-28-26-24-22-16-14-12-10-8-6-4-2)38-63-51-50(61)48(59)46(57)42(67-51)39-64-52-49(60)47(58)45(56)41(36-53)66-52/h40-42,45-53,56-61H,3-39H2,1-2H3. The molecule has 0 saturated carbocycles. The van der Waals surface area contributed by atoms with E-state index >= 15 is 0 Å². The van der Waals surface area contributed by atoms with Crippen molar-refractivity contribution in [3.63, 3.8) is 0 Å². The first-order valence-electron chi connectivity index (χ1n) is 27.1. The van der Waals surface area contributed by atoms with Gasteiger partial charge in [-0.15, -0.1) is 0 Å². The second-order valence-corrected chi connectivity index (χ2v) is 19.4. The Kier molecular flexibility index (Phi) is 36.9. The van der Waals surface area contributed by atoms with Crippen molar-refractivity contribution in [2.75, 3.05) is 26.4 Å².